The molecule has 1 aromatic heterocycles. The lowest BCUT2D eigenvalue weighted by molar-refractivity contribution is -0.124. The Bertz CT molecular complexity index is 587. The maximum Gasteiger partial charge on any atom is 0.244 e. The zero-order chi connectivity index (χ0) is 13.9. The van der Waals surface area contributed by atoms with Gasteiger partial charge in [0, 0.05) is 18.3 Å². The quantitative estimate of drug-likeness (QED) is 0.907. The molecule has 0 bridgehead atoms. The van der Waals surface area contributed by atoms with Crippen molar-refractivity contribution in [3.8, 4) is 11.1 Å². The SMILES string of the molecule is C[C@@H](C(=O)NCC1CC1)n1cc(-c2ccccc2)cn1. The maximum atomic E-state index is 12.0. The smallest absolute Gasteiger partial charge is 0.244 e. The molecule has 1 amide bonds. The van der Waals surface area contributed by atoms with Gasteiger partial charge < -0.3 is 5.32 Å². The molecule has 1 heterocycles. The average Bonchev–Trinajstić information content (AvgIpc) is 3.19. The van der Waals surface area contributed by atoms with E-state index in [-0.39, 0.29) is 11.9 Å². The van der Waals surface area contributed by atoms with Crippen LogP contribution in [0.3, 0.4) is 0 Å². The number of nitrogens with zero attached hydrogens (tertiary/aromatic N) is 2. The fourth-order valence-corrected chi connectivity index (χ4v) is 2.16. The monoisotopic (exact) mass is 269 g/mol. The highest BCUT2D eigenvalue weighted by Crippen LogP contribution is 2.27. The first-order valence-electron chi connectivity index (χ1n) is 7.11. The third-order valence-corrected chi connectivity index (χ3v) is 3.75. The molecule has 0 saturated heterocycles. The Morgan fingerprint density at radius 1 is 1.35 bits per heavy atom. The van der Waals surface area contributed by atoms with Crippen molar-refractivity contribution in [2.45, 2.75) is 25.8 Å². The zero-order valence-electron chi connectivity index (χ0n) is 11.6. The molecule has 104 valence electrons. The summed E-state index contributed by atoms with van der Waals surface area (Å²) in [7, 11) is 0. The molecule has 1 aliphatic rings. The Morgan fingerprint density at radius 2 is 2.10 bits per heavy atom. The second-order valence-electron chi connectivity index (χ2n) is 5.44. The third kappa shape index (κ3) is 2.90. The summed E-state index contributed by atoms with van der Waals surface area (Å²) in [5, 5.41) is 7.30. The second kappa shape index (κ2) is 5.49. The molecule has 0 spiro atoms. The van der Waals surface area contributed by atoms with E-state index in [2.05, 4.69) is 10.4 Å². The molecule has 0 aliphatic heterocycles. The fraction of sp³-hybridized carbons (Fsp3) is 0.375. The van der Waals surface area contributed by atoms with Gasteiger partial charge in [0.1, 0.15) is 6.04 Å². The number of rotatable bonds is 5. The summed E-state index contributed by atoms with van der Waals surface area (Å²) in [4.78, 5) is 12.0. The van der Waals surface area contributed by atoms with E-state index < -0.39 is 0 Å². The second-order valence-corrected chi connectivity index (χ2v) is 5.44. The van der Waals surface area contributed by atoms with Crippen LogP contribution in [0.15, 0.2) is 42.7 Å². The Hall–Kier alpha value is -2.10. The minimum absolute atomic E-state index is 0.0413. The Kier molecular flexibility index (Phi) is 3.54. The molecule has 1 N–H and O–H groups in total. The van der Waals surface area contributed by atoms with E-state index in [1.807, 2.05) is 43.5 Å². The van der Waals surface area contributed by atoms with Gasteiger partial charge in [-0.2, -0.15) is 5.10 Å². The van der Waals surface area contributed by atoms with E-state index in [4.69, 9.17) is 0 Å². The van der Waals surface area contributed by atoms with Crippen LogP contribution in [0.1, 0.15) is 25.8 Å². The summed E-state index contributed by atoms with van der Waals surface area (Å²) in [6.45, 7) is 2.68. The Labute approximate surface area is 118 Å². The minimum Gasteiger partial charge on any atom is -0.354 e. The molecule has 0 unspecified atom stereocenters. The predicted octanol–water partition coefficient (Wildman–Crippen LogP) is 2.64. The molecule has 20 heavy (non-hydrogen) atoms. The van der Waals surface area contributed by atoms with Gasteiger partial charge in [0.05, 0.1) is 6.20 Å². The number of aromatic nitrogens is 2. The lowest BCUT2D eigenvalue weighted by Gasteiger charge is -2.12. The van der Waals surface area contributed by atoms with Crippen molar-refractivity contribution in [2.75, 3.05) is 6.54 Å². The first-order valence-corrected chi connectivity index (χ1v) is 7.11. The zero-order valence-corrected chi connectivity index (χ0v) is 11.6. The maximum absolute atomic E-state index is 12.0. The van der Waals surface area contributed by atoms with Crippen LogP contribution in [-0.4, -0.2) is 22.2 Å². The van der Waals surface area contributed by atoms with Crippen LogP contribution in [-0.2, 0) is 4.79 Å². The van der Waals surface area contributed by atoms with Gasteiger partial charge in [0.15, 0.2) is 0 Å². The lowest BCUT2D eigenvalue weighted by atomic mass is 10.1. The van der Waals surface area contributed by atoms with Crippen LogP contribution >= 0.6 is 0 Å². The van der Waals surface area contributed by atoms with E-state index in [1.54, 1.807) is 10.9 Å². The van der Waals surface area contributed by atoms with Gasteiger partial charge in [0.25, 0.3) is 0 Å². The molecule has 2 aromatic rings. The van der Waals surface area contributed by atoms with E-state index >= 15 is 0 Å². The van der Waals surface area contributed by atoms with Crippen LogP contribution in [0, 0.1) is 5.92 Å². The summed E-state index contributed by atoms with van der Waals surface area (Å²) < 4.78 is 1.73. The molecule has 4 heteroatoms. The highest BCUT2D eigenvalue weighted by molar-refractivity contribution is 5.80. The standard InChI is InChI=1S/C16H19N3O/c1-12(16(20)17-9-13-7-8-13)19-11-15(10-18-19)14-5-3-2-4-6-14/h2-6,10-13H,7-9H2,1H3,(H,17,20)/t12-/m0/s1. The Morgan fingerprint density at radius 3 is 2.80 bits per heavy atom. The van der Waals surface area contributed by atoms with E-state index in [9.17, 15) is 4.79 Å². The third-order valence-electron chi connectivity index (χ3n) is 3.75. The number of hydrogen-bond acceptors (Lipinski definition) is 2. The molecule has 1 fully saturated rings. The van der Waals surface area contributed by atoms with Crippen molar-refractivity contribution < 1.29 is 4.79 Å². The number of carbonyl (C=O) groups excluding carboxylic acids is 1. The van der Waals surface area contributed by atoms with Crippen molar-refractivity contribution in [2.24, 2.45) is 5.92 Å². The number of hydrogen-bond donors (Lipinski definition) is 1. The lowest BCUT2D eigenvalue weighted by Crippen LogP contribution is -2.32. The van der Waals surface area contributed by atoms with Crippen molar-refractivity contribution in [1.29, 1.82) is 0 Å². The summed E-state index contributed by atoms with van der Waals surface area (Å²) >= 11 is 0. The number of amides is 1. The van der Waals surface area contributed by atoms with Crippen molar-refractivity contribution in [3.05, 3.63) is 42.7 Å². The van der Waals surface area contributed by atoms with Crippen LogP contribution in [0.2, 0.25) is 0 Å². The molecule has 1 atom stereocenters. The fourth-order valence-electron chi connectivity index (χ4n) is 2.16. The topological polar surface area (TPSA) is 46.9 Å². The molecule has 1 saturated carbocycles. The van der Waals surface area contributed by atoms with E-state index in [0.717, 1.165) is 17.7 Å². The Balaban J connectivity index is 1.67. The summed E-state index contributed by atoms with van der Waals surface area (Å²) in [6, 6.07) is 9.79. The number of benzene rings is 1. The number of carbonyl (C=O) groups is 1. The van der Waals surface area contributed by atoms with Gasteiger partial charge in [-0.05, 0) is 31.2 Å². The molecule has 1 aromatic carbocycles. The summed E-state index contributed by atoms with van der Waals surface area (Å²) in [6.07, 6.45) is 6.22. The van der Waals surface area contributed by atoms with Crippen molar-refractivity contribution >= 4 is 5.91 Å². The highest BCUT2D eigenvalue weighted by Gasteiger charge is 2.23. The van der Waals surface area contributed by atoms with Crippen molar-refractivity contribution in [3.63, 3.8) is 0 Å². The molecule has 4 nitrogen and oxygen atoms in total. The van der Waals surface area contributed by atoms with Crippen LogP contribution in [0.4, 0.5) is 0 Å². The van der Waals surface area contributed by atoms with E-state index in [1.165, 1.54) is 12.8 Å². The average molecular weight is 269 g/mol. The first-order chi connectivity index (χ1) is 9.74. The largest absolute Gasteiger partial charge is 0.354 e. The van der Waals surface area contributed by atoms with E-state index in [0.29, 0.717) is 5.92 Å². The van der Waals surface area contributed by atoms with Crippen LogP contribution in [0.5, 0.6) is 0 Å². The predicted molar refractivity (Wildman–Crippen MR) is 78.1 cm³/mol. The molecule has 0 radical (unpaired) electrons. The minimum atomic E-state index is -0.272. The first kappa shape index (κ1) is 12.9. The van der Waals surface area contributed by atoms with Gasteiger partial charge in [-0.25, -0.2) is 0 Å². The van der Waals surface area contributed by atoms with Crippen molar-refractivity contribution in [1.82, 2.24) is 15.1 Å². The molecule has 1 aliphatic carbocycles. The van der Waals surface area contributed by atoms with Crippen LogP contribution < -0.4 is 5.32 Å². The van der Waals surface area contributed by atoms with Gasteiger partial charge in [0.2, 0.25) is 5.91 Å². The summed E-state index contributed by atoms with van der Waals surface area (Å²) in [5.74, 6) is 0.739. The highest BCUT2D eigenvalue weighted by atomic mass is 16.2. The molecule has 3 rings (SSSR count). The summed E-state index contributed by atoms with van der Waals surface area (Å²) in [5.41, 5.74) is 2.15. The van der Waals surface area contributed by atoms with Gasteiger partial charge in [-0.3, -0.25) is 9.48 Å². The number of nitrogens with one attached hydrogen (secondary N) is 1. The molecular formula is C16H19N3O. The van der Waals surface area contributed by atoms with Gasteiger partial charge >= 0.3 is 0 Å². The van der Waals surface area contributed by atoms with Crippen LogP contribution in [0.25, 0.3) is 11.1 Å². The van der Waals surface area contributed by atoms with Gasteiger partial charge in [-0.15, -0.1) is 0 Å². The normalized spacial score (nSPS) is 15.8. The molecular weight excluding hydrogens is 250 g/mol. The van der Waals surface area contributed by atoms with Gasteiger partial charge in [-0.1, -0.05) is 30.3 Å².